The van der Waals surface area contributed by atoms with Gasteiger partial charge in [0.15, 0.2) is 0 Å². The van der Waals surface area contributed by atoms with E-state index in [-0.39, 0.29) is 0 Å². The summed E-state index contributed by atoms with van der Waals surface area (Å²) in [6.07, 6.45) is 6.85. The Hall–Kier alpha value is -0.0800. The van der Waals surface area contributed by atoms with Crippen LogP contribution in [0, 0.1) is 5.92 Å². The Labute approximate surface area is 76.1 Å². The van der Waals surface area contributed by atoms with E-state index in [2.05, 4.69) is 19.0 Å². The van der Waals surface area contributed by atoms with Crippen molar-refractivity contribution in [3.63, 3.8) is 0 Å². The summed E-state index contributed by atoms with van der Waals surface area (Å²) in [4.78, 5) is 2.35. The van der Waals surface area contributed by atoms with E-state index in [1.807, 2.05) is 0 Å². The van der Waals surface area contributed by atoms with Crippen LogP contribution in [0.25, 0.3) is 0 Å². The molecule has 1 aliphatic rings. The number of nitrogens with zero attached hydrogens (tertiary/aromatic N) is 1. The second-order valence-corrected chi connectivity index (χ2v) is 4.16. The van der Waals surface area contributed by atoms with E-state index in [9.17, 15) is 0 Å². The molecule has 0 aromatic carbocycles. The van der Waals surface area contributed by atoms with Crippen molar-refractivity contribution in [1.29, 1.82) is 0 Å². The van der Waals surface area contributed by atoms with Crippen molar-refractivity contribution < 1.29 is 0 Å². The smallest absolute Gasteiger partial charge is 0.0129 e. The number of hydrogen-bond acceptors (Lipinski definition) is 2. The van der Waals surface area contributed by atoms with Crippen LogP contribution in [0.2, 0.25) is 0 Å². The van der Waals surface area contributed by atoms with Gasteiger partial charge < -0.3 is 10.6 Å². The first-order chi connectivity index (χ1) is 5.75. The molecule has 0 saturated heterocycles. The third-order valence-electron chi connectivity index (χ3n) is 3.08. The molecule has 0 radical (unpaired) electrons. The molecule has 0 spiro atoms. The number of rotatable bonds is 2. The Bertz CT molecular complexity index is 123. The third-order valence-corrected chi connectivity index (χ3v) is 3.08. The zero-order valence-corrected chi connectivity index (χ0v) is 8.42. The Balaban J connectivity index is 2.51. The summed E-state index contributed by atoms with van der Waals surface area (Å²) >= 11 is 0. The first-order valence-electron chi connectivity index (χ1n) is 5.12. The van der Waals surface area contributed by atoms with Crippen LogP contribution in [0.5, 0.6) is 0 Å². The van der Waals surface area contributed by atoms with E-state index < -0.39 is 0 Å². The average Bonchev–Trinajstić information content (AvgIpc) is 2.27. The molecular weight excluding hydrogens is 148 g/mol. The lowest BCUT2D eigenvalue weighted by Gasteiger charge is -2.29. The van der Waals surface area contributed by atoms with Gasteiger partial charge in [-0.1, -0.05) is 19.3 Å². The van der Waals surface area contributed by atoms with Gasteiger partial charge >= 0.3 is 0 Å². The van der Waals surface area contributed by atoms with Crippen molar-refractivity contribution >= 4 is 0 Å². The molecule has 2 nitrogen and oxygen atoms in total. The fourth-order valence-electron chi connectivity index (χ4n) is 2.32. The van der Waals surface area contributed by atoms with Crippen molar-refractivity contribution in [3.05, 3.63) is 0 Å². The van der Waals surface area contributed by atoms with Crippen LogP contribution in [0.1, 0.15) is 32.1 Å². The van der Waals surface area contributed by atoms with E-state index in [4.69, 9.17) is 5.73 Å². The minimum Gasteiger partial charge on any atom is -0.330 e. The van der Waals surface area contributed by atoms with Crippen LogP contribution in [0.4, 0.5) is 0 Å². The molecule has 0 aromatic rings. The molecule has 12 heavy (non-hydrogen) atoms. The van der Waals surface area contributed by atoms with Gasteiger partial charge in [0.1, 0.15) is 0 Å². The highest BCUT2D eigenvalue weighted by Crippen LogP contribution is 2.25. The molecule has 2 heteroatoms. The summed E-state index contributed by atoms with van der Waals surface area (Å²) in [6.45, 7) is 0.864. The molecule has 0 bridgehead atoms. The van der Waals surface area contributed by atoms with Crippen LogP contribution >= 0.6 is 0 Å². The summed E-state index contributed by atoms with van der Waals surface area (Å²) in [5.41, 5.74) is 5.77. The molecule has 1 fully saturated rings. The summed E-state index contributed by atoms with van der Waals surface area (Å²) in [7, 11) is 4.36. The minimum atomic E-state index is 0.734. The van der Waals surface area contributed by atoms with Crippen LogP contribution < -0.4 is 5.73 Å². The van der Waals surface area contributed by atoms with E-state index in [0.29, 0.717) is 0 Å². The Morgan fingerprint density at radius 3 is 2.42 bits per heavy atom. The second kappa shape index (κ2) is 4.83. The van der Waals surface area contributed by atoms with Crippen molar-refractivity contribution in [3.8, 4) is 0 Å². The van der Waals surface area contributed by atoms with Gasteiger partial charge in [0, 0.05) is 6.04 Å². The molecule has 0 amide bonds. The number of hydrogen-bond donors (Lipinski definition) is 1. The zero-order valence-electron chi connectivity index (χ0n) is 8.42. The van der Waals surface area contributed by atoms with Crippen molar-refractivity contribution in [1.82, 2.24) is 4.90 Å². The lowest BCUT2D eigenvalue weighted by Crippen LogP contribution is -2.38. The van der Waals surface area contributed by atoms with Gasteiger partial charge in [-0.05, 0) is 39.4 Å². The average molecular weight is 170 g/mol. The van der Waals surface area contributed by atoms with Gasteiger partial charge in [-0.25, -0.2) is 0 Å². The second-order valence-electron chi connectivity index (χ2n) is 4.16. The van der Waals surface area contributed by atoms with Gasteiger partial charge in [0.2, 0.25) is 0 Å². The topological polar surface area (TPSA) is 29.3 Å². The molecule has 0 aliphatic heterocycles. The van der Waals surface area contributed by atoms with Crippen molar-refractivity contribution in [2.45, 2.75) is 38.1 Å². The normalized spacial score (nSPS) is 32.0. The lowest BCUT2D eigenvalue weighted by atomic mass is 9.94. The predicted octanol–water partition coefficient (Wildman–Crippen LogP) is 1.46. The number of nitrogens with two attached hydrogens (primary N) is 1. The maximum absolute atomic E-state index is 5.77. The summed E-state index contributed by atoms with van der Waals surface area (Å²) in [5.74, 6) is 0.738. The van der Waals surface area contributed by atoms with E-state index in [1.54, 1.807) is 0 Å². The monoisotopic (exact) mass is 170 g/mol. The minimum absolute atomic E-state index is 0.734. The van der Waals surface area contributed by atoms with Crippen LogP contribution in [-0.2, 0) is 0 Å². The summed E-state index contributed by atoms with van der Waals surface area (Å²) in [5, 5.41) is 0. The highest BCUT2D eigenvalue weighted by atomic mass is 15.1. The molecule has 1 aliphatic carbocycles. The van der Waals surface area contributed by atoms with Crippen molar-refractivity contribution in [2.24, 2.45) is 11.7 Å². The molecule has 0 heterocycles. The maximum atomic E-state index is 5.77. The van der Waals surface area contributed by atoms with E-state index in [0.717, 1.165) is 18.5 Å². The van der Waals surface area contributed by atoms with Gasteiger partial charge in [0.25, 0.3) is 0 Å². The van der Waals surface area contributed by atoms with Gasteiger partial charge in [-0.15, -0.1) is 0 Å². The maximum Gasteiger partial charge on any atom is 0.0129 e. The van der Waals surface area contributed by atoms with Crippen molar-refractivity contribution in [2.75, 3.05) is 20.6 Å². The molecular formula is C10H22N2. The molecule has 0 aromatic heterocycles. The van der Waals surface area contributed by atoms with E-state index in [1.165, 1.54) is 32.1 Å². The van der Waals surface area contributed by atoms with Crippen LogP contribution in [-0.4, -0.2) is 31.6 Å². The molecule has 1 saturated carbocycles. The Morgan fingerprint density at radius 1 is 1.17 bits per heavy atom. The Morgan fingerprint density at radius 2 is 1.83 bits per heavy atom. The quantitative estimate of drug-likeness (QED) is 0.636. The van der Waals surface area contributed by atoms with Gasteiger partial charge in [0.05, 0.1) is 0 Å². The van der Waals surface area contributed by atoms with Crippen LogP contribution in [0.15, 0.2) is 0 Å². The molecule has 2 N–H and O–H groups in total. The fraction of sp³-hybridized carbons (Fsp3) is 1.00. The lowest BCUT2D eigenvalue weighted by molar-refractivity contribution is 0.202. The predicted molar refractivity (Wildman–Crippen MR) is 53.1 cm³/mol. The van der Waals surface area contributed by atoms with E-state index >= 15 is 0 Å². The summed E-state index contributed by atoms with van der Waals surface area (Å²) < 4.78 is 0. The largest absolute Gasteiger partial charge is 0.330 e. The zero-order chi connectivity index (χ0) is 8.97. The molecule has 1 rings (SSSR count). The third kappa shape index (κ3) is 2.46. The van der Waals surface area contributed by atoms with Crippen LogP contribution in [0.3, 0.4) is 0 Å². The summed E-state index contributed by atoms with van der Waals surface area (Å²) in [6, 6.07) is 0.734. The molecule has 2 unspecified atom stereocenters. The first kappa shape index (κ1) is 10.0. The van der Waals surface area contributed by atoms with Gasteiger partial charge in [-0.3, -0.25) is 0 Å². The first-order valence-corrected chi connectivity index (χ1v) is 5.12. The highest BCUT2D eigenvalue weighted by Gasteiger charge is 2.23. The molecule has 2 atom stereocenters. The standard InChI is InChI=1S/C10H22N2/c1-12(2)10-7-5-3-4-6-9(10)8-11/h9-10H,3-8,11H2,1-2H3. The SMILES string of the molecule is CN(C)C1CCCCCC1CN. The Kier molecular flexibility index (Phi) is 4.02. The van der Waals surface area contributed by atoms with Gasteiger partial charge in [-0.2, -0.15) is 0 Å². The fourth-order valence-corrected chi connectivity index (χ4v) is 2.32. The molecule has 72 valence electrons. The highest BCUT2D eigenvalue weighted by molar-refractivity contribution is 4.79.